The third kappa shape index (κ3) is 3.88. The highest BCUT2D eigenvalue weighted by Gasteiger charge is 2.38. The molecule has 2 atom stereocenters. The van der Waals surface area contributed by atoms with Crippen LogP contribution < -0.4 is 5.32 Å². The predicted molar refractivity (Wildman–Crippen MR) is 96.5 cm³/mol. The van der Waals surface area contributed by atoms with Crippen LogP contribution in [0.4, 0.5) is 0 Å². The largest absolute Gasteiger partial charge is 0.309 e. The van der Waals surface area contributed by atoms with Gasteiger partial charge in [0.05, 0.1) is 3.79 Å². The molecule has 1 aliphatic carbocycles. The third-order valence-electron chi connectivity index (χ3n) is 4.58. The molecule has 0 saturated heterocycles. The van der Waals surface area contributed by atoms with Crippen LogP contribution in [0.1, 0.15) is 63.8 Å². The van der Waals surface area contributed by atoms with Crippen LogP contribution in [0.2, 0.25) is 0 Å². The fourth-order valence-electron chi connectivity index (χ4n) is 3.40. The summed E-state index contributed by atoms with van der Waals surface area (Å²) in [6.45, 7) is 8.25. The van der Waals surface area contributed by atoms with Gasteiger partial charge in [-0.05, 0) is 75.1 Å². The lowest BCUT2D eigenvalue weighted by Crippen LogP contribution is -2.39. The maximum atomic E-state index is 3.82. The Kier molecular flexibility index (Phi) is 6.16. The van der Waals surface area contributed by atoms with Gasteiger partial charge in [-0.25, -0.2) is 0 Å². The Bertz CT molecular complexity index is 422. The van der Waals surface area contributed by atoms with Crippen LogP contribution in [0.3, 0.4) is 0 Å². The van der Waals surface area contributed by atoms with Crippen LogP contribution in [0, 0.1) is 11.3 Å². The van der Waals surface area contributed by atoms with E-state index in [-0.39, 0.29) is 0 Å². The molecule has 0 bridgehead atoms. The van der Waals surface area contributed by atoms with E-state index in [1.54, 1.807) is 0 Å². The van der Waals surface area contributed by atoms with E-state index >= 15 is 0 Å². The molecule has 4 heteroatoms. The molecule has 20 heavy (non-hydrogen) atoms. The summed E-state index contributed by atoms with van der Waals surface area (Å²) in [5, 5.41) is 3.82. The Morgan fingerprint density at radius 1 is 1.40 bits per heavy atom. The second kappa shape index (κ2) is 7.26. The van der Waals surface area contributed by atoms with Crippen LogP contribution in [0.5, 0.6) is 0 Å². The van der Waals surface area contributed by atoms with E-state index in [1.165, 1.54) is 45.2 Å². The SMILES string of the molecule is CCCNC(c1cc(Br)c(Br)s1)C1CCCCC1(C)C. The molecule has 1 aromatic heterocycles. The summed E-state index contributed by atoms with van der Waals surface area (Å²) in [5.41, 5.74) is 0.437. The highest BCUT2D eigenvalue weighted by Crippen LogP contribution is 2.49. The van der Waals surface area contributed by atoms with Crippen molar-refractivity contribution >= 4 is 43.2 Å². The van der Waals surface area contributed by atoms with Crippen molar-refractivity contribution in [1.82, 2.24) is 5.32 Å². The minimum atomic E-state index is 0.437. The zero-order chi connectivity index (χ0) is 14.8. The lowest BCUT2D eigenvalue weighted by molar-refractivity contribution is 0.0994. The van der Waals surface area contributed by atoms with Gasteiger partial charge in [0.2, 0.25) is 0 Å². The van der Waals surface area contributed by atoms with Crippen molar-refractivity contribution in [3.05, 3.63) is 19.2 Å². The van der Waals surface area contributed by atoms with E-state index in [4.69, 9.17) is 0 Å². The fourth-order valence-corrected chi connectivity index (χ4v) is 5.63. The number of halogens is 2. The van der Waals surface area contributed by atoms with Crippen LogP contribution >= 0.6 is 43.2 Å². The number of rotatable bonds is 5. The van der Waals surface area contributed by atoms with Gasteiger partial charge in [0, 0.05) is 15.4 Å². The highest BCUT2D eigenvalue weighted by atomic mass is 79.9. The van der Waals surface area contributed by atoms with Gasteiger partial charge >= 0.3 is 0 Å². The molecule has 1 N–H and O–H groups in total. The minimum absolute atomic E-state index is 0.437. The number of nitrogens with one attached hydrogen (secondary N) is 1. The van der Waals surface area contributed by atoms with Gasteiger partial charge in [-0.2, -0.15) is 0 Å². The topological polar surface area (TPSA) is 12.0 Å². The average molecular weight is 423 g/mol. The lowest BCUT2D eigenvalue weighted by atomic mass is 9.65. The van der Waals surface area contributed by atoms with E-state index in [9.17, 15) is 0 Å². The molecular weight excluding hydrogens is 398 g/mol. The van der Waals surface area contributed by atoms with Crippen LogP contribution in [0.25, 0.3) is 0 Å². The van der Waals surface area contributed by atoms with E-state index in [0.29, 0.717) is 11.5 Å². The number of hydrogen-bond acceptors (Lipinski definition) is 2. The molecule has 2 rings (SSSR count). The van der Waals surface area contributed by atoms with Gasteiger partial charge in [0.15, 0.2) is 0 Å². The van der Waals surface area contributed by atoms with Gasteiger partial charge in [-0.3, -0.25) is 0 Å². The van der Waals surface area contributed by atoms with E-state index in [1.807, 2.05) is 11.3 Å². The molecular formula is C16H25Br2NS. The Morgan fingerprint density at radius 2 is 2.15 bits per heavy atom. The average Bonchev–Trinajstić information content (AvgIpc) is 2.71. The summed E-state index contributed by atoms with van der Waals surface area (Å²) in [6.07, 6.45) is 6.67. The van der Waals surface area contributed by atoms with E-state index in [2.05, 4.69) is 64.0 Å². The molecule has 0 aromatic carbocycles. The zero-order valence-electron chi connectivity index (χ0n) is 12.6. The van der Waals surface area contributed by atoms with Crippen molar-refractivity contribution in [3.8, 4) is 0 Å². The monoisotopic (exact) mass is 421 g/mol. The molecule has 1 fully saturated rings. The molecule has 1 nitrogen and oxygen atoms in total. The summed E-state index contributed by atoms with van der Waals surface area (Å²) in [4.78, 5) is 1.47. The predicted octanol–water partition coefficient (Wildman–Crippen LogP) is 6.53. The first-order chi connectivity index (χ1) is 9.45. The summed E-state index contributed by atoms with van der Waals surface area (Å²) in [5.74, 6) is 0.736. The molecule has 0 amide bonds. The third-order valence-corrected chi connectivity index (χ3v) is 7.92. The quantitative estimate of drug-likeness (QED) is 0.568. The summed E-state index contributed by atoms with van der Waals surface area (Å²) >= 11 is 9.16. The molecule has 0 spiro atoms. The Morgan fingerprint density at radius 3 is 2.70 bits per heavy atom. The van der Waals surface area contributed by atoms with Gasteiger partial charge in [0.25, 0.3) is 0 Å². The standard InChI is InChI=1S/C16H25Br2NS/c1-4-9-19-14(13-10-12(17)15(18)20-13)11-7-5-6-8-16(11,2)3/h10-11,14,19H,4-9H2,1-3H3. The summed E-state index contributed by atoms with van der Waals surface area (Å²) < 4.78 is 2.40. The van der Waals surface area contributed by atoms with E-state index in [0.717, 1.165) is 12.5 Å². The summed E-state index contributed by atoms with van der Waals surface area (Å²) in [7, 11) is 0. The van der Waals surface area contributed by atoms with Crippen LogP contribution in [-0.4, -0.2) is 6.54 Å². The van der Waals surface area contributed by atoms with E-state index < -0.39 is 0 Å². The number of thiophene rings is 1. The first-order valence-electron chi connectivity index (χ1n) is 7.64. The zero-order valence-corrected chi connectivity index (χ0v) is 16.6. The maximum absolute atomic E-state index is 3.82. The van der Waals surface area contributed by atoms with Gasteiger partial charge in [0.1, 0.15) is 0 Å². The van der Waals surface area contributed by atoms with Crippen LogP contribution in [-0.2, 0) is 0 Å². The Balaban J connectivity index is 2.26. The highest BCUT2D eigenvalue weighted by molar-refractivity contribution is 9.13. The first-order valence-corrected chi connectivity index (χ1v) is 10.0. The molecule has 1 aliphatic rings. The molecule has 0 aliphatic heterocycles. The van der Waals surface area contributed by atoms with Crippen molar-refractivity contribution < 1.29 is 0 Å². The maximum Gasteiger partial charge on any atom is 0.0843 e. The lowest BCUT2D eigenvalue weighted by Gasteiger charge is -2.43. The molecule has 0 radical (unpaired) electrons. The molecule has 2 unspecified atom stereocenters. The minimum Gasteiger partial charge on any atom is -0.309 e. The van der Waals surface area contributed by atoms with Gasteiger partial charge < -0.3 is 5.32 Å². The second-order valence-corrected chi connectivity index (χ2v) is 9.80. The van der Waals surface area contributed by atoms with Crippen molar-refractivity contribution in [1.29, 1.82) is 0 Å². The van der Waals surface area contributed by atoms with Gasteiger partial charge in [-0.1, -0.05) is 33.6 Å². The molecule has 1 heterocycles. The second-order valence-electron chi connectivity index (χ2n) is 6.54. The Hall–Kier alpha value is 0.620. The molecule has 1 saturated carbocycles. The summed E-state index contributed by atoms with van der Waals surface area (Å²) in [6, 6.07) is 2.80. The van der Waals surface area contributed by atoms with Crippen molar-refractivity contribution in [2.75, 3.05) is 6.54 Å². The van der Waals surface area contributed by atoms with Crippen LogP contribution in [0.15, 0.2) is 14.3 Å². The smallest absolute Gasteiger partial charge is 0.0843 e. The van der Waals surface area contributed by atoms with Crippen molar-refractivity contribution in [3.63, 3.8) is 0 Å². The number of hydrogen-bond donors (Lipinski definition) is 1. The fraction of sp³-hybridized carbons (Fsp3) is 0.750. The normalized spacial score (nSPS) is 23.8. The Labute approximate surface area is 144 Å². The van der Waals surface area contributed by atoms with Gasteiger partial charge in [-0.15, -0.1) is 11.3 Å². The molecule has 114 valence electrons. The first kappa shape index (κ1) is 17.0. The van der Waals surface area contributed by atoms with Crippen molar-refractivity contribution in [2.45, 2.75) is 58.9 Å². The van der Waals surface area contributed by atoms with Crippen molar-refractivity contribution in [2.24, 2.45) is 11.3 Å². The molecule has 1 aromatic rings.